The maximum Gasteiger partial charge on any atom is 0.257 e. The number of carbonyl (C=O) groups is 2. The molecule has 8 heteroatoms. The minimum atomic E-state index is -0.716. The summed E-state index contributed by atoms with van der Waals surface area (Å²) >= 11 is 5.81. The molecule has 7 nitrogen and oxygen atoms in total. The molecule has 2 N–H and O–H groups in total. The highest BCUT2D eigenvalue weighted by atomic mass is 35.5. The van der Waals surface area contributed by atoms with Crippen molar-refractivity contribution in [2.75, 3.05) is 5.32 Å². The van der Waals surface area contributed by atoms with Gasteiger partial charge in [-0.1, -0.05) is 16.8 Å². The van der Waals surface area contributed by atoms with Crippen LogP contribution >= 0.6 is 11.6 Å². The van der Waals surface area contributed by atoms with Crippen molar-refractivity contribution in [2.45, 2.75) is 19.9 Å². The number of nitrogens with zero attached hydrogens (tertiary/aromatic N) is 2. The average Bonchev–Trinajstić information content (AvgIpc) is 3.09. The van der Waals surface area contributed by atoms with Crippen molar-refractivity contribution in [3.8, 4) is 11.5 Å². The van der Waals surface area contributed by atoms with Gasteiger partial charge < -0.3 is 15.2 Å². The van der Waals surface area contributed by atoms with Crippen LogP contribution in [0.3, 0.4) is 0 Å². The monoisotopic (exact) mass is 384 g/mol. The van der Waals surface area contributed by atoms with Crippen LogP contribution in [0.1, 0.15) is 23.1 Å². The summed E-state index contributed by atoms with van der Waals surface area (Å²) in [7, 11) is 0. The summed E-state index contributed by atoms with van der Waals surface area (Å²) in [5.41, 5.74) is 1.77. The number of benzene rings is 2. The first-order chi connectivity index (χ1) is 12.9. The zero-order chi connectivity index (χ0) is 19.4. The molecule has 2 aromatic carbocycles. The van der Waals surface area contributed by atoms with E-state index in [1.165, 1.54) is 0 Å². The zero-order valence-electron chi connectivity index (χ0n) is 14.7. The molecule has 3 rings (SSSR count). The lowest BCUT2D eigenvalue weighted by Gasteiger charge is -2.14. The first-order valence-electron chi connectivity index (χ1n) is 8.20. The third-order valence-corrected chi connectivity index (χ3v) is 4.03. The van der Waals surface area contributed by atoms with Gasteiger partial charge >= 0.3 is 0 Å². The first kappa shape index (κ1) is 18.6. The highest BCUT2D eigenvalue weighted by molar-refractivity contribution is 6.30. The minimum Gasteiger partial charge on any atom is -0.341 e. The van der Waals surface area contributed by atoms with Crippen LogP contribution < -0.4 is 10.6 Å². The van der Waals surface area contributed by atoms with E-state index >= 15 is 0 Å². The smallest absolute Gasteiger partial charge is 0.257 e. The number of aromatic nitrogens is 2. The largest absolute Gasteiger partial charge is 0.341 e. The van der Waals surface area contributed by atoms with E-state index in [4.69, 9.17) is 16.1 Å². The molecule has 0 saturated heterocycles. The van der Waals surface area contributed by atoms with Gasteiger partial charge in [-0.2, -0.15) is 4.98 Å². The quantitative estimate of drug-likeness (QED) is 0.702. The molecule has 1 atom stereocenters. The van der Waals surface area contributed by atoms with Crippen molar-refractivity contribution in [1.29, 1.82) is 0 Å². The summed E-state index contributed by atoms with van der Waals surface area (Å²) in [5.74, 6) is 0.275. The summed E-state index contributed by atoms with van der Waals surface area (Å²) < 4.78 is 5.10. The maximum atomic E-state index is 12.3. The number of nitrogens with one attached hydrogen (secondary N) is 2. The number of anilines is 1. The molecule has 0 spiro atoms. The number of hydrogen-bond donors (Lipinski definition) is 2. The molecular formula is C19H17ClN4O3. The van der Waals surface area contributed by atoms with Crippen LogP contribution in [0.2, 0.25) is 5.02 Å². The van der Waals surface area contributed by atoms with Gasteiger partial charge in [-0.15, -0.1) is 0 Å². The fourth-order valence-electron chi connectivity index (χ4n) is 2.31. The second-order valence-electron chi connectivity index (χ2n) is 5.92. The highest BCUT2D eigenvalue weighted by Gasteiger charge is 2.17. The zero-order valence-corrected chi connectivity index (χ0v) is 15.4. The fraction of sp³-hybridized carbons (Fsp3) is 0.158. The Hall–Kier alpha value is -3.19. The molecule has 1 heterocycles. The third-order valence-electron chi connectivity index (χ3n) is 3.77. The second kappa shape index (κ2) is 8.01. The summed E-state index contributed by atoms with van der Waals surface area (Å²) in [6.07, 6.45) is 0. The Morgan fingerprint density at radius 3 is 2.33 bits per heavy atom. The molecule has 0 aliphatic rings. The molecule has 3 aromatic rings. The van der Waals surface area contributed by atoms with Gasteiger partial charge in [0, 0.05) is 21.8 Å². The van der Waals surface area contributed by atoms with Crippen molar-refractivity contribution in [3.63, 3.8) is 0 Å². The second-order valence-corrected chi connectivity index (χ2v) is 6.35. The predicted octanol–water partition coefficient (Wildman–Crippen LogP) is 3.46. The first-order valence-corrected chi connectivity index (χ1v) is 8.58. The van der Waals surface area contributed by atoms with Crippen LogP contribution in [0, 0.1) is 6.92 Å². The van der Waals surface area contributed by atoms with Gasteiger partial charge in [-0.25, -0.2) is 0 Å². The van der Waals surface area contributed by atoms with Crippen molar-refractivity contribution < 1.29 is 14.1 Å². The highest BCUT2D eigenvalue weighted by Crippen LogP contribution is 2.19. The third kappa shape index (κ3) is 4.71. The lowest BCUT2D eigenvalue weighted by molar-refractivity contribution is -0.117. The van der Waals surface area contributed by atoms with Crippen molar-refractivity contribution in [3.05, 3.63) is 64.9 Å². The molecule has 0 radical (unpaired) electrons. The number of hydrogen-bond acceptors (Lipinski definition) is 5. The van der Waals surface area contributed by atoms with Gasteiger partial charge in [0.25, 0.3) is 11.8 Å². The number of carbonyl (C=O) groups excluding carboxylic acids is 2. The van der Waals surface area contributed by atoms with E-state index in [1.807, 2.05) is 0 Å². The normalized spacial score (nSPS) is 11.7. The van der Waals surface area contributed by atoms with Crippen LogP contribution in [0.15, 0.2) is 53.1 Å². The SMILES string of the molecule is Cc1noc(-c2ccc(NC(=O)[C@@H](C)NC(=O)c3ccc(Cl)cc3)cc2)n1. The van der Waals surface area contributed by atoms with Crippen molar-refractivity contribution in [1.82, 2.24) is 15.5 Å². The Morgan fingerprint density at radius 2 is 1.74 bits per heavy atom. The van der Waals surface area contributed by atoms with E-state index in [2.05, 4.69) is 20.8 Å². The van der Waals surface area contributed by atoms with E-state index in [1.54, 1.807) is 62.4 Å². The number of halogens is 1. The maximum absolute atomic E-state index is 12.3. The standard InChI is InChI=1S/C19H17ClN4O3/c1-11(21-18(26)13-3-7-15(20)8-4-13)17(25)23-16-9-5-14(6-10-16)19-22-12(2)24-27-19/h3-11H,1-2H3,(H,21,26)(H,23,25)/t11-/m1/s1. The molecule has 27 heavy (non-hydrogen) atoms. The molecule has 0 aliphatic carbocycles. The molecule has 0 saturated carbocycles. The van der Waals surface area contributed by atoms with E-state index in [9.17, 15) is 9.59 Å². The Balaban J connectivity index is 1.59. The molecule has 0 bridgehead atoms. The Bertz CT molecular complexity index is 952. The molecule has 138 valence electrons. The molecular weight excluding hydrogens is 368 g/mol. The summed E-state index contributed by atoms with van der Waals surface area (Å²) in [4.78, 5) is 28.6. The van der Waals surface area contributed by atoms with Crippen molar-refractivity contribution in [2.24, 2.45) is 0 Å². The Morgan fingerprint density at radius 1 is 1.07 bits per heavy atom. The van der Waals surface area contributed by atoms with E-state index in [-0.39, 0.29) is 11.8 Å². The van der Waals surface area contributed by atoms with Crippen LogP contribution in [0.25, 0.3) is 11.5 Å². The lowest BCUT2D eigenvalue weighted by Crippen LogP contribution is -2.41. The number of amides is 2. The molecule has 1 aromatic heterocycles. The van der Waals surface area contributed by atoms with Crippen molar-refractivity contribution >= 4 is 29.1 Å². The molecule has 0 unspecified atom stereocenters. The van der Waals surface area contributed by atoms with Gasteiger partial charge in [0.15, 0.2) is 5.82 Å². The number of rotatable bonds is 5. The molecule has 0 fully saturated rings. The van der Waals surface area contributed by atoms with Crippen LogP contribution in [-0.4, -0.2) is 28.0 Å². The Labute approximate surface area is 160 Å². The number of aryl methyl sites for hydroxylation is 1. The van der Waals surface area contributed by atoms with Gasteiger partial charge in [-0.3, -0.25) is 9.59 Å². The Kier molecular flexibility index (Phi) is 5.52. The van der Waals surface area contributed by atoms with Gasteiger partial charge in [0.2, 0.25) is 5.91 Å². The topological polar surface area (TPSA) is 97.1 Å². The summed E-state index contributed by atoms with van der Waals surface area (Å²) in [6, 6.07) is 12.7. The summed E-state index contributed by atoms with van der Waals surface area (Å²) in [6.45, 7) is 3.35. The average molecular weight is 385 g/mol. The van der Waals surface area contributed by atoms with Crippen LogP contribution in [0.5, 0.6) is 0 Å². The van der Waals surface area contributed by atoms with Gasteiger partial charge in [0.1, 0.15) is 6.04 Å². The fourth-order valence-corrected chi connectivity index (χ4v) is 2.43. The van der Waals surface area contributed by atoms with Gasteiger partial charge in [-0.05, 0) is 62.4 Å². The van der Waals surface area contributed by atoms with E-state index < -0.39 is 6.04 Å². The van der Waals surface area contributed by atoms with Crippen LogP contribution in [-0.2, 0) is 4.79 Å². The lowest BCUT2D eigenvalue weighted by atomic mass is 10.2. The molecule has 0 aliphatic heterocycles. The van der Waals surface area contributed by atoms with Gasteiger partial charge in [0.05, 0.1) is 0 Å². The molecule has 2 amide bonds. The minimum absolute atomic E-state index is 0.335. The predicted molar refractivity (Wildman–Crippen MR) is 101 cm³/mol. The van der Waals surface area contributed by atoms with Crippen LogP contribution in [0.4, 0.5) is 5.69 Å². The van der Waals surface area contributed by atoms with E-state index in [0.29, 0.717) is 28.0 Å². The van der Waals surface area contributed by atoms with E-state index in [0.717, 1.165) is 5.56 Å². The summed E-state index contributed by atoms with van der Waals surface area (Å²) in [5, 5.41) is 9.68.